The lowest BCUT2D eigenvalue weighted by atomic mass is 9.70. The second-order valence-electron chi connectivity index (χ2n) is 7.28. The van der Waals surface area contributed by atoms with Gasteiger partial charge in [0.15, 0.2) is 11.6 Å². The summed E-state index contributed by atoms with van der Waals surface area (Å²) >= 11 is 0. The number of nitrogens with one attached hydrogen (secondary N) is 1. The molecule has 2 saturated carbocycles. The Morgan fingerprint density at radius 1 is 1.27 bits per heavy atom. The normalized spacial score (nSPS) is 32.8. The molecule has 6 heteroatoms. The van der Waals surface area contributed by atoms with E-state index in [-0.39, 0.29) is 28.7 Å². The molecule has 22 heavy (non-hydrogen) atoms. The Labute approximate surface area is 127 Å². The number of nitrogens with zero attached hydrogens (tertiary/aromatic N) is 3. The highest BCUT2D eigenvalue weighted by Crippen LogP contribution is 2.66. The molecule has 4 rings (SSSR count). The number of ketones is 2. The summed E-state index contributed by atoms with van der Waals surface area (Å²) in [7, 11) is 0. The number of aromatic nitrogens is 4. The van der Waals surface area contributed by atoms with Gasteiger partial charge in [0.05, 0.1) is 23.8 Å². The summed E-state index contributed by atoms with van der Waals surface area (Å²) in [6.07, 6.45) is 4.85. The number of fused-ring (bicyclic) bond motifs is 3. The van der Waals surface area contributed by atoms with E-state index in [1.807, 2.05) is 6.92 Å². The van der Waals surface area contributed by atoms with Crippen molar-refractivity contribution in [2.24, 2.45) is 22.7 Å². The molecule has 2 fully saturated rings. The fraction of sp³-hybridized carbons (Fsp3) is 0.562. The number of hydrogen-bond acceptors (Lipinski definition) is 5. The van der Waals surface area contributed by atoms with Gasteiger partial charge in [-0.2, -0.15) is 10.2 Å². The molecule has 0 saturated heterocycles. The van der Waals surface area contributed by atoms with E-state index in [4.69, 9.17) is 0 Å². The Morgan fingerprint density at radius 3 is 2.64 bits per heavy atom. The van der Waals surface area contributed by atoms with E-state index >= 15 is 0 Å². The summed E-state index contributed by atoms with van der Waals surface area (Å²) in [5.41, 5.74) is 0.728. The standard InChI is InChI=1S/C16H18N4O2/c1-15(2)8-4-5-16(15,3)13(22)11(8)12(21)14-19-9-6-17-18-7-10(9)20-14/h6-8,11H,4-5H2,1-3H3,(H,19,20). The van der Waals surface area contributed by atoms with Gasteiger partial charge in [0.2, 0.25) is 5.78 Å². The van der Waals surface area contributed by atoms with Gasteiger partial charge in [-0.05, 0) is 24.2 Å². The van der Waals surface area contributed by atoms with Crippen LogP contribution < -0.4 is 0 Å². The van der Waals surface area contributed by atoms with Crippen LogP contribution >= 0.6 is 0 Å². The first-order chi connectivity index (χ1) is 10.4. The van der Waals surface area contributed by atoms with E-state index in [1.54, 1.807) is 0 Å². The van der Waals surface area contributed by atoms with Crippen molar-refractivity contribution in [1.82, 2.24) is 20.2 Å². The van der Waals surface area contributed by atoms with Gasteiger partial charge in [-0.25, -0.2) is 4.98 Å². The van der Waals surface area contributed by atoms with Crippen LogP contribution in [0, 0.1) is 22.7 Å². The van der Waals surface area contributed by atoms with Gasteiger partial charge in [-0.15, -0.1) is 0 Å². The average molecular weight is 298 g/mol. The molecule has 0 aromatic carbocycles. The topological polar surface area (TPSA) is 88.6 Å². The number of hydrogen-bond donors (Lipinski definition) is 1. The minimum Gasteiger partial charge on any atom is -0.334 e. The predicted molar refractivity (Wildman–Crippen MR) is 79.1 cm³/mol. The zero-order valence-corrected chi connectivity index (χ0v) is 12.9. The summed E-state index contributed by atoms with van der Waals surface area (Å²) in [5.74, 6) is -0.342. The van der Waals surface area contributed by atoms with E-state index < -0.39 is 11.3 Å². The third-order valence-electron chi connectivity index (χ3n) is 6.24. The molecular weight excluding hydrogens is 280 g/mol. The second kappa shape index (κ2) is 4.00. The summed E-state index contributed by atoms with van der Waals surface area (Å²) in [6, 6.07) is 0. The zero-order valence-electron chi connectivity index (χ0n) is 12.9. The van der Waals surface area contributed by atoms with Gasteiger partial charge in [0, 0.05) is 5.41 Å². The van der Waals surface area contributed by atoms with Crippen LogP contribution in [-0.4, -0.2) is 31.7 Å². The first-order valence-electron chi connectivity index (χ1n) is 7.61. The largest absolute Gasteiger partial charge is 0.334 e. The van der Waals surface area contributed by atoms with Crippen molar-refractivity contribution in [3.8, 4) is 0 Å². The van der Waals surface area contributed by atoms with Crippen LogP contribution in [0.15, 0.2) is 12.4 Å². The Balaban J connectivity index is 1.76. The molecule has 0 amide bonds. The first kappa shape index (κ1) is 13.5. The van der Waals surface area contributed by atoms with Gasteiger partial charge in [0.25, 0.3) is 0 Å². The zero-order chi connectivity index (χ0) is 15.7. The van der Waals surface area contributed by atoms with Crippen LogP contribution in [0.1, 0.15) is 44.2 Å². The van der Waals surface area contributed by atoms with E-state index in [0.717, 1.165) is 12.8 Å². The highest BCUT2D eigenvalue weighted by Gasteiger charge is 2.67. The lowest BCUT2D eigenvalue weighted by molar-refractivity contribution is -0.130. The van der Waals surface area contributed by atoms with Gasteiger partial charge >= 0.3 is 0 Å². The van der Waals surface area contributed by atoms with Crippen LogP contribution in [0.5, 0.6) is 0 Å². The maximum atomic E-state index is 12.9. The van der Waals surface area contributed by atoms with E-state index in [9.17, 15) is 9.59 Å². The fourth-order valence-electron chi connectivity index (χ4n) is 4.43. The monoisotopic (exact) mass is 298 g/mol. The predicted octanol–water partition coefficient (Wildman–Crippen LogP) is 2.18. The van der Waals surface area contributed by atoms with Crippen LogP contribution in [-0.2, 0) is 4.79 Å². The SMILES string of the molecule is CC12CCC(C(C(=O)c3nc4cnncc4[nH]3)C1=O)C2(C)C. The molecule has 2 aliphatic carbocycles. The molecule has 0 radical (unpaired) electrons. The molecule has 2 heterocycles. The van der Waals surface area contributed by atoms with Crippen molar-refractivity contribution in [1.29, 1.82) is 0 Å². The molecule has 114 valence electrons. The van der Waals surface area contributed by atoms with Crippen molar-refractivity contribution >= 4 is 22.6 Å². The molecule has 6 nitrogen and oxygen atoms in total. The number of carbonyl (C=O) groups is 2. The average Bonchev–Trinajstić information content (AvgIpc) is 3.05. The third-order valence-corrected chi connectivity index (χ3v) is 6.24. The first-order valence-corrected chi connectivity index (χ1v) is 7.61. The van der Waals surface area contributed by atoms with Gasteiger partial charge in [-0.1, -0.05) is 20.8 Å². The molecule has 2 aromatic heterocycles. The molecule has 2 bridgehead atoms. The number of H-pyrrole nitrogens is 1. The summed E-state index contributed by atoms with van der Waals surface area (Å²) in [5, 5.41) is 7.53. The Hall–Kier alpha value is -2.11. The summed E-state index contributed by atoms with van der Waals surface area (Å²) in [6.45, 7) is 6.24. The summed E-state index contributed by atoms with van der Waals surface area (Å²) < 4.78 is 0. The molecule has 0 aliphatic heterocycles. The molecule has 3 atom stereocenters. The highest BCUT2D eigenvalue weighted by atomic mass is 16.2. The molecule has 0 spiro atoms. The number of carbonyl (C=O) groups excluding carboxylic acids is 2. The van der Waals surface area contributed by atoms with Crippen molar-refractivity contribution in [2.75, 3.05) is 0 Å². The molecule has 2 aromatic rings. The number of Topliss-reactive ketones (excluding diaryl/α,β-unsaturated/α-hetero) is 2. The highest BCUT2D eigenvalue weighted by molar-refractivity contribution is 6.13. The van der Waals surface area contributed by atoms with E-state index in [2.05, 4.69) is 34.0 Å². The maximum absolute atomic E-state index is 12.9. The lowest BCUT2D eigenvalue weighted by Crippen LogP contribution is -2.35. The molecule has 3 unspecified atom stereocenters. The minimum absolute atomic E-state index is 0.0791. The molecular formula is C16H18N4O2. The quantitative estimate of drug-likeness (QED) is 0.678. The third kappa shape index (κ3) is 1.42. The Kier molecular flexibility index (Phi) is 2.46. The van der Waals surface area contributed by atoms with Gasteiger partial charge in [0.1, 0.15) is 5.52 Å². The minimum atomic E-state index is -0.574. The van der Waals surface area contributed by atoms with Crippen molar-refractivity contribution in [3.63, 3.8) is 0 Å². The van der Waals surface area contributed by atoms with E-state index in [1.165, 1.54) is 12.4 Å². The Bertz CT molecular complexity index is 776. The Morgan fingerprint density at radius 2 is 2.00 bits per heavy atom. The molecule has 1 N–H and O–H groups in total. The van der Waals surface area contributed by atoms with E-state index in [0.29, 0.717) is 11.0 Å². The number of aromatic amines is 1. The smallest absolute Gasteiger partial charge is 0.208 e. The van der Waals surface area contributed by atoms with Gasteiger partial charge < -0.3 is 4.98 Å². The number of rotatable bonds is 2. The van der Waals surface area contributed by atoms with Crippen LogP contribution in [0.2, 0.25) is 0 Å². The van der Waals surface area contributed by atoms with Crippen LogP contribution in [0.4, 0.5) is 0 Å². The molecule has 2 aliphatic rings. The van der Waals surface area contributed by atoms with Crippen molar-refractivity contribution in [3.05, 3.63) is 18.2 Å². The maximum Gasteiger partial charge on any atom is 0.208 e. The van der Waals surface area contributed by atoms with Gasteiger partial charge in [-0.3, -0.25) is 9.59 Å². The second-order valence-corrected chi connectivity index (χ2v) is 7.28. The number of imidazole rings is 1. The van der Waals surface area contributed by atoms with Crippen LogP contribution in [0.25, 0.3) is 11.0 Å². The van der Waals surface area contributed by atoms with Crippen molar-refractivity contribution < 1.29 is 9.59 Å². The lowest BCUT2D eigenvalue weighted by Gasteiger charge is -2.32. The van der Waals surface area contributed by atoms with Crippen LogP contribution in [0.3, 0.4) is 0 Å². The fourth-order valence-corrected chi connectivity index (χ4v) is 4.43. The van der Waals surface area contributed by atoms with Crippen molar-refractivity contribution in [2.45, 2.75) is 33.6 Å². The summed E-state index contributed by atoms with van der Waals surface area (Å²) in [4.78, 5) is 33.0.